The van der Waals surface area contributed by atoms with E-state index >= 15 is 0 Å². The van der Waals surface area contributed by atoms with Crippen molar-refractivity contribution in [3.05, 3.63) is 79.7 Å². The van der Waals surface area contributed by atoms with Crippen molar-refractivity contribution in [2.75, 3.05) is 0 Å². The molecule has 1 aromatic heterocycles. The summed E-state index contributed by atoms with van der Waals surface area (Å²) in [5.41, 5.74) is 4.35. The molecule has 3 aromatic carbocycles. The minimum absolute atomic E-state index is 0.181. The van der Waals surface area contributed by atoms with Gasteiger partial charge >= 0.3 is 0 Å². The van der Waals surface area contributed by atoms with E-state index < -0.39 is 0 Å². The molecule has 0 unspecified atom stereocenters. The molecule has 0 N–H and O–H groups in total. The Morgan fingerprint density at radius 3 is 1.34 bits per heavy atom. The van der Waals surface area contributed by atoms with Crippen LogP contribution in [0.2, 0.25) is 20.1 Å². The maximum atomic E-state index is 6.20. The van der Waals surface area contributed by atoms with Crippen molar-refractivity contribution >= 4 is 80.4 Å². The lowest BCUT2D eigenvalue weighted by atomic mass is 10.1. The first-order chi connectivity index (χ1) is 15.3. The Labute approximate surface area is 204 Å². The lowest BCUT2D eigenvalue weighted by molar-refractivity contribution is 1.09. The van der Waals surface area contributed by atoms with Gasteiger partial charge in [0, 0.05) is 10.0 Å². The Hall–Kier alpha value is -2.64. The molecule has 32 heavy (non-hydrogen) atoms. The molecule has 0 atom stereocenters. The molecule has 0 spiro atoms. The Balaban J connectivity index is 1.82. The standard InChI is InChI=1S/C22H14Cl4N6/c1-11-7-19-20(8-12(11)2)28-22(32-30-18-6-4-14(24)10-16(18)26)21(27-19)31-29-17-5-3-13(23)9-15(17)25/h3-10H,1-2H3. The van der Waals surface area contributed by atoms with Gasteiger partial charge in [0.05, 0.1) is 21.1 Å². The lowest BCUT2D eigenvalue weighted by Gasteiger charge is -2.05. The van der Waals surface area contributed by atoms with Crippen LogP contribution < -0.4 is 0 Å². The Morgan fingerprint density at radius 2 is 0.969 bits per heavy atom. The van der Waals surface area contributed by atoms with E-state index in [0.717, 1.165) is 11.1 Å². The van der Waals surface area contributed by atoms with Gasteiger partial charge in [-0.2, -0.15) is 0 Å². The summed E-state index contributed by atoms with van der Waals surface area (Å²) in [6, 6.07) is 13.7. The van der Waals surface area contributed by atoms with Crippen molar-refractivity contribution in [2.45, 2.75) is 13.8 Å². The first-order valence-electron chi connectivity index (χ1n) is 9.33. The molecular formula is C22H14Cl4N6. The van der Waals surface area contributed by atoms with Crippen LogP contribution in [-0.2, 0) is 0 Å². The third-order valence-corrected chi connectivity index (χ3v) is 5.64. The van der Waals surface area contributed by atoms with Crippen LogP contribution in [0.5, 0.6) is 0 Å². The normalized spacial score (nSPS) is 11.8. The fraction of sp³-hybridized carbons (Fsp3) is 0.0909. The van der Waals surface area contributed by atoms with Gasteiger partial charge in [-0.3, -0.25) is 0 Å². The van der Waals surface area contributed by atoms with Gasteiger partial charge in [0.25, 0.3) is 0 Å². The van der Waals surface area contributed by atoms with Gasteiger partial charge < -0.3 is 0 Å². The van der Waals surface area contributed by atoms with Crippen molar-refractivity contribution < 1.29 is 0 Å². The minimum Gasteiger partial charge on any atom is -0.222 e. The Kier molecular flexibility index (Phi) is 6.67. The summed E-state index contributed by atoms with van der Waals surface area (Å²) in [6.45, 7) is 4.00. The summed E-state index contributed by atoms with van der Waals surface area (Å²) in [7, 11) is 0. The first-order valence-corrected chi connectivity index (χ1v) is 10.8. The van der Waals surface area contributed by atoms with Crippen LogP contribution in [0, 0.1) is 13.8 Å². The highest BCUT2D eigenvalue weighted by molar-refractivity contribution is 6.36. The molecule has 0 saturated heterocycles. The maximum absolute atomic E-state index is 6.20. The third kappa shape index (κ3) is 5.05. The van der Waals surface area contributed by atoms with Crippen molar-refractivity contribution in [3.8, 4) is 0 Å². The number of fused-ring (bicyclic) bond motifs is 1. The molecule has 4 rings (SSSR count). The van der Waals surface area contributed by atoms with Crippen LogP contribution in [-0.4, -0.2) is 9.97 Å². The molecular weight excluding hydrogens is 490 g/mol. The molecule has 0 fully saturated rings. The van der Waals surface area contributed by atoms with E-state index in [-0.39, 0.29) is 11.6 Å². The molecule has 0 amide bonds. The summed E-state index contributed by atoms with van der Waals surface area (Å²) in [6.07, 6.45) is 0. The van der Waals surface area contributed by atoms with Gasteiger partial charge in [0.2, 0.25) is 11.6 Å². The summed E-state index contributed by atoms with van der Waals surface area (Å²) in [4.78, 5) is 9.18. The number of nitrogens with zero attached hydrogens (tertiary/aromatic N) is 6. The van der Waals surface area contributed by atoms with Gasteiger partial charge in [-0.25, -0.2) is 9.97 Å². The molecule has 0 bridgehead atoms. The summed E-state index contributed by atoms with van der Waals surface area (Å²) in [5, 5.41) is 18.6. The number of halogens is 4. The van der Waals surface area contributed by atoms with E-state index in [9.17, 15) is 0 Å². The zero-order valence-electron chi connectivity index (χ0n) is 16.8. The van der Waals surface area contributed by atoms with Gasteiger partial charge in [-0.1, -0.05) is 46.4 Å². The molecule has 0 radical (unpaired) electrons. The fourth-order valence-corrected chi connectivity index (χ4v) is 3.65. The van der Waals surface area contributed by atoms with Gasteiger partial charge in [0.1, 0.15) is 11.4 Å². The number of benzene rings is 3. The molecule has 1 heterocycles. The van der Waals surface area contributed by atoms with Crippen molar-refractivity contribution in [1.82, 2.24) is 9.97 Å². The van der Waals surface area contributed by atoms with Crippen LogP contribution in [0.1, 0.15) is 11.1 Å². The highest BCUT2D eigenvalue weighted by Gasteiger charge is 2.11. The van der Waals surface area contributed by atoms with Crippen molar-refractivity contribution in [2.24, 2.45) is 20.5 Å². The smallest absolute Gasteiger partial charge is 0.222 e. The van der Waals surface area contributed by atoms with E-state index in [2.05, 4.69) is 30.4 Å². The van der Waals surface area contributed by atoms with Gasteiger partial charge in [0.15, 0.2) is 0 Å². The molecule has 0 aliphatic rings. The number of rotatable bonds is 4. The summed E-state index contributed by atoms with van der Waals surface area (Å²) < 4.78 is 0. The number of azo groups is 2. The van der Waals surface area contributed by atoms with Crippen molar-refractivity contribution in [1.29, 1.82) is 0 Å². The van der Waals surface area contributed by atoms with E-state index in [1.165, 1.54) is 0 Å². The fourth-order valence-electron chi connectivity index (χ4n) is 2.75. The average molecular weight is 504 g/mol. The largest absolute Gasteiger partial charge is 0.222 e. The predicted octanol–water partition coefficient (Wildman–Crippen LogP) is 9.69. The number of aromatic nitrogens is 2. The maximum Gasteiger partial charge on any atom is 0.222 e. The highest BCUT2D eigenvalue weighted by atomic mass is 35.5. The molecule has 0 saturated carbocycles. The first kappa shape index (κ1) is 22.6. The molecule has 160 valence electrons. The molecule has 4 aromatic rings. The molecule has 10 heteroatoms. The van der Waals surface area contributed by atoms with E-state index in [1.54, 1.807) is 36.4 Å². The lowest BCUT2D eigenvalue weighted by Crippen LogP contribution is -1.89. The molecule has 0 aliphatic heterocycles. The Morgan fingerprint density at radius 1 is 0.562 bits per heavy atom. The number of hydrogen-bond acceptors (Lipinski definition) is 6. The highest BCUT2D eigenvalue weighted by Crippen LogP contribution is 2.34. The zero-order chi connectivity index (χ0) is 22.8. The van der Waals surface area contributed by atoms with Crippen LogP contribution in [0.15, 0.2) is 69.0 Å². The van der Waals surface area contributed by atoms with Crippen molar-refractivity contribution in [3.63, 3.8) is 0 Å². The SMILES string of the molecule is Cc1cc2nc(N=Nc3ccc(Cl)cc3Cl)c(N=Nc3ccc(Cl)cc3Cl)nc2cc1C. The average Bonchev–Trinajstić information content (AvgIpc) is 2.73. The van der Waals surface area contributed by atoms with Crippen LogP contribution in [0.25, 0.3) is 11.0 Å². The third-order valence-electron chi connectivity index (χ3n) is 4.57. The second-order valence-electron chi connectivity index (χ2n) is 6.89. The monoisotopic (exact) mass is 502 g/mol. The summed E-state index contributed by atoms with van der Waals surface area (Å²) >= 11 is 24.3. The van der Waals surface area contributed by atoms with Crippen LogP contribution in [0.3, 0.4) is 0 Å². The summed E-state index contributed by atoms with van der Waals surface area (Å²) in [5.74, 6) is 0.362. The van der Waals surface area contributed by atoms with Gasteiger partial charge in [-0.05, 0) is 73.5 Å². The van der Waals surface area contributed by atoms with Gasteiger partial charge in [-0.15, -0.1) is 20.5 Å². The number of aryl methyl sites for hydroxylation is 2. The van der Waals surface area contributed by atoms with E-state index in [1.807, 2.05) is 26.0 Å². The zero-order valence-corrected chi connectivity index (χ0v) is 19.8. The quantitative estimate of drug-likeness (QED) is 0.260. The van der Waals surface area contributed by atoms with E-state index in [0.29, 0.717) is 42.5 Å². The van der Waals surface area contributed by atoms with Crippen LogP contribution in [0.4, 0.5) is 23.0 Å². The predicted molar refractivity (Wildman–Crippen MR) is 130 cm³/mol. The molecule has 0 aliphatic carbocycles. The van der Waals surface area contributed by atoms with E-state index in [4.69, 9.17) is 46.4 Å². The minimum atomic E-state index is 0.181. The topological polar surface area (TPSA) is 75.2 Å². The number of hydrogen-bond donors (Lipinski definition) is 0. The molecule has 6 nitrogen and oxygen atoms in total. The Bertz CT molecular complexity index is 1300. The second kappa shape index (κ2) is 9.46. The second-order valence-corrected chi connectivity index (χ2v) is 8.57. The van der Waals surface area contributed by atoms with Crippen LogP contribution >= 0.6 is 46.4 Å².